The standard InChI is InChI=1S/C15H24N2O2/c1-10-7-15(19-4)12(9-14(10)18-3)8-13-11(2)16-5-6-17-13/h7,9,11,13,16-17H,5-6,8H2,1-4H3. The summed E-state index contributed by atoms with van der Waals surface area (Å²) in [6.45, 7) is 6.30. The van der Waals surface area contributed by atoms with E-state index in [0.29, 0.717) is 12.1 Å². The van der Waals surface area contributed by atoms with Crippen molar-refractivity contribution in [2.45, 2.75) is 32.4 Å². The van der Waals surface area contributed by atoms with Gasteiger partial charge in [-0.05, 0) is 43.5 Å². The molecule has 0 aliphatic carbocycles. The Kier molecular flexibility index (Phi) is 4.66. The SMILES string of the molecule is COc1cc(CC2NCCNC2C)c(OC)cc1C. The molecule has 1 aliphatic rings. The van der Waals surface area contributed by atoms with Crippen LogP contribution in [0.2, 0.25) is 0 Å². The molecule has 1 aromatic rings. The molecule has 4 heteroatoms. The fourth-order valence-electron chi connectivity index (χ4n) is 2.64. The number of piperazine rings is 1. The van der Waals surface area contributed by atoms with E-state index >= 15 is 0 Å². The van der Waals surface area contributed by atoms with E-state index in [1.807, 2.05) is 6.92 Å². The predicted octanol–water partition coefficient (Wildman–Crippen LogP) is 1.50. The first kappa shape index (κ1) is 14.2. The van der Waals surface area contributed by atoms with Gasteiger partial charge in [0.25, 0.3) is 0 Å². The molecule has 2 atom stereocenters. The summed E-state index contributed by atoms with van der Waals surface area (Å²) in [6, 6.07) is 5.03. The van der Waals surface area contributed by atoms with Gasteiger partial charge in [-0.25, -0.2) is 0 Å². The van der Waals surface area contributed by atoms with Crippen molar-refractivity contribution in [3.05, 3.63) is 23.3 Å². The van der Waals surface area contributed by atoms with Crippen LogP contribution in [0, 0.1) is 6.92 Å². The van der Waals surface area contributed by atoms with Crippen molar-refractivity contribution >= 4 is 0 Å². The Labute approximate surface area is 115 Å². The van der Waals surface area contributed by atoms with Crippen molar-refractivity contribution in [1.29, 1.82) is 0 Å². The van der Waals surface area contributed by atoms with E-state index < -0.39 is 0 Å². The second kappa shape index (κ2) is 6.26. The Bertz CT molecular complexity index is 434. The molecular formula is C15H24N2O2. The molecule has 2 unspecified atom stereocenters. The number of benzene rings is 1. The van der Waals surface area contributed by atoms with Crippen LogP contribution in [0.15, 0.2) is 12.1 Å². The van der Waals surface area contributed by atoms with Crippen molar-refractivity contribution in [3.63, 3.8) is 0 Å². The third kappa shape index (κ3) is 3.19. The van der Waals surface area contributed by atoms with Gasteiger partial charge in [-0.1, -0.05) is 0 Å². The topological polar surface area (TPSA) is 42.5 Å². The van der Waals surface area contributed by atoms with Gasteiger partial charge in [0, 0.05) is 25.2 Å². The Morgan fingerprint density at radius 2 is 1.79 bits per heavy atom. The van der Waals surface area contributed by atoms with E-state index in [9.17, 15) is 0 Å². The van der Waals surface area contributed by atoms with Gasteiger partial charge in [-0.2, -0.15) is 0 Å². The van der Waals surface area contributed by atoms with Gasteiger partial charge in [0.2, 0.25) is 0 Å². The van der Waals surface area contributed by atoms with Crippen LogP contribution in [0.5, 0.6) is 11.5 Å². The van der Waals surface area contributed by atoms with E-state index in [0.717, 1.165) is 36.6 Å². The number of rotatable bonds is 4. The Balaban J connectivity index is 2.22. The number of ether oxygens (including phenoxy) is 2. The van der Waals surface area contributed by atoms with E-state index in [4.69, 9.17) is 9.47 Å². The van der Waals surface area contributed by atoms with Gasteiger partial charge < -0.3 is 20.1 Å². The lowest BCUT2D eigenvalue weighted by molar-refractivity contribution is 0.331. The molecule has 1 saturated heterocycles. The lowest BCUT2D eigenvalue weighted by atomic mass is 9.97. The number of aryl methyl sites for hydroxylation is 1. The fourth-order valence-corrected chi connectivity index (χ4v) is 2.64. The van der Waals surface area contributed by atoms with E-state index in [1.165, 1.54) is 5.56 Å². The zero-order chi connectivity index (χ0) is 13.8. The minimum absolute atomic E-state index is 0.426. The maximum atomic E-state index is 5.50. The molecular weight excluding hydrogens is 240 g/mol. The summed E-state index contributed by atoms with van der Waals surface area (Å²) in [6.07, 6.45) is 0.938. The van der Waals surface area contributed by atoms with Gasteiger partial charge >= 0.3 is 0 Å². The molecule has 2 N–H and O–H groups in total. The summed E-state index contributed by atoms with van der Waals surface area (Å²) < 4.78 is 10.9. The first-order valence-corrected chi connectivity index (χ1v) is 6.84. The van der Waals surface area contributed by atoms with Crippen LogP contribution in [0.25, 0.3) is 0 Å². The average molecular weight is 264 g/mol. The molecule has 4 nitrogen and oxygen atoms in total. The highest BCUT2D eigenvalue weighted by atomic mass is 16.5. The smallest absolute Gasteiger partial charge is 0.122 e. The average Bonchev–Trinajstić information content (AvgIpc) is 2.42. The third-order valence-corrected chi connectivity index (χ3v) is 3.84. The Morgan fingerprint density at radius 1 is 1.11 bits per heavy atom. The summed E-state index contributed by atoms with van der Waals surface area (Å²) in [5.41, 5.74) is 2.30. The van der Waals surface area contributed by atoms with Gasteiger partial charge in [0.15, 0.2) is 0 Å². The van der Waals surface area contributed by atoms with Crippen LogP contribution in [0.3, 0.4) is 0 Å². The van der Waals surface area contributed by atoms with Crippen LogP contribution in [-0.2, 0) is 6.42 Å². The highest BCUT2D eigenvalue weighted by Gasteiger charge is 2.22. The number of hydrogen-bond donors (Lipinski definition) is 2. The summed E-state index contributed by atoms with van der Waals surface area (Å²) in [5.74, 6) is 1.87. The Hall–Kier alpha value is -1.26. The molecule has 2 rings (SSSR count). The number of nitrogens with one attached hydrogen (secondary N) is 2. The predicted molar refractivity (Wildman–Crippen MR) is 77.2 cm³/mol. The molecule has 0 radical (unpaired) electrons. The van der Waals surface area contributed by atoms with Gasteiger partial charge in [-0.15, -0.1) is 0 Å². The summed E-state index contributed by atoms with van der Waals surface area (Å²) in [4.78, 5) is 0. The third-order valence-electron chi connectivity index (χ3n) is 3.84. The molecule has 0 saturated carbocycles. The van der Waals surface area contributed by atoms with E-state index in [-0.39, 0.29) is 0 Å². The minimum Gasteiger partial charge on any atom is -0.496 e. The maximum absolute atomic E-state index is 5.50. The molecule has 1 heterocycles. The maximum Gasteiger partial charge on any atom is 0.122 e. The second-order valence-corrected chi connectivity index (χ2v) is 5.14. The van der Waals surface area contributed by atoms with Crippen LogP contribution < -0.4 is 20.1 Å². The van der Waals surface area contributed by atoms with E-state index in [1.54, 1.807) is 14.2 Å². The van der Waals surface area contributed by atoms with Gasteiger partial charge in [-0.3, -0.25) is 0 Å². The molecule has 0 bridgehead atoms. The quantitative estimate of drug-likeness (QED) is 0.865. The largest absolute Gasteiger partial charge is 0.496 e. The molecule has 19 heavy (non-hydrogen) atoms. The normalized spacial score (nSPS) is 23.2. The zero-order valence-electron chi connectivity index (χ0n) is 12.2. The molecule has 0 spiro atoms. The highest BCUT2D eigenvalue weighted by Crippen LogP contribution is 2.29. The van der Waals surface area contributed by atoms with E-state index in [2.05, 4.69) is 29.7 Å². The second-order valence-electron chi connectivity index (χ2n) is 5.14. The van der Waals surface area contributed by atoms with Crippen molar-refractivity contribution in [2.75, 3.05) is 27.3 Å². The molecule has 0 amide bonds. The van der Waals surface area contributed by atoms with Crippen LogP contribution >= 0.6 is 0 Å². The first-order valence-electron chi connectivity index (χ1n) is 6.84. The lowest BCUT2D eigenvalue weighted by Gasteiger charge is -2.31. The zero-order valence-corrected chi connectivity index (χ0v) is 12.2. The van der Waals surface area contributed by atoms with Gasteiger partial charge in [0.1, 0.15) is 11.5 Å². The van der Waals surface area contributed by atoms with Crippen LogP contribution in [0.1, 0.15) is 18.1 Å². The van der Waals surface area contributed by atoms with Crippen molar-refractivity contribution in [2.24, 2.45) is 0 Å². The molecule has 106 valence electrons. The minimum atomic E-state index is 0.426. The summed E-state index contributed by atoms with van der Waals surface area (Å²) in [7, 11) is 3.43. The molecule has 1 fully saturated rings. The van der Waals surface area contributed by atoms with Crippen molar-refractivity contribution in [1.82, 2.24) is 10.6 Å². The fraction of sp³-hybridized carbons (Fsp3) is 0.600. The molecule has 1 aromatic carbocycles. The molecule has 1 aliphatic heterocycles. The highest BCUT2D eigenvalue weighted by molar-refractivity contribution is 5.46. The van der Waals surface area contributed by atoms with Crippen molar-refractivity contribution < 1.29 is 9.47 Å². The van der Waals surface area contributed by atoms with Crippen LogP contribution in [-0.4, -0.2) is 39.4 Å². The number of methoxy groups -OCH3 is 2. The van der Waals surface area contributed by atoms with Crippen LogP contribution in [0.4, 0.5) is 0 Å². The summed E-state index contributed by atoms with van der Waals surface area (Å²) in [5, 5.41) is 7.06. The number of hydrogen-bond acceptors (Lipinski definition) is 4. The first-order chi connectivity index (χ1) is 9.15. The molecule has 0 aromatic heterocycles. The van der Waals surface area contributed by atoms with Crippen molar-refractivity contribution in [3.8, 4) is 11.5 Å². The Morgan fingerprint density at radius 3 is 2.42 bits per heavy atom. The lowest BCUT2D eigenvalue weighted by Crippen LogP contribution is -2.55. The monoisotopic (exact) mass is 264 g/mol. The summed E-state index contributed by atoms with van der Waals surface area (Å²) >= 11 is 0. The van der Waals surface area contributed by atoms with Gasteiger partial charge in [0.05, 0.1) is 14.2 Å².